The molecule has 108 valence electrons. The van der Waals surface area contributed by atoms with Gasteiger partial charge in [0, 0.05) is 6.54 Å². The van der Waals surface area contributed by atoms with Crippen molar-refractivity contribution in [2.75, 3.05) is 6.54 Å². The Bertz CT molecular complexity index is 526. The van der Waals surface area contributed by atoms with Crippen LogP contribution in [0.2, 0.25) is 0 Å². The van der Waals surface area contributed by atoms with Gasteiger partial charge in [-0.2, -0.15) is 0 Å². The van der Waals surface area contributed by atoms with Crippen LogP contribution in [0.25, 0.3) is 0 Å². The summed E-state index contributed by atoms with van der Waals surface area (Å²) in [5, 5.41) is 9.43. The van der Waals surface area contributed by atoms with E-state index in [1.165, 1.54) is 0 Å². The van der Waals surface area contributed by atoms with Crippen LogP contribution in [0.1, 0.15) is 37.3 Å². The fourth-order valence-electron chi connectivity index (χ4n) is 2.84. The average Bonchev–Trinajstić information content (AvgIpc) is 2.39. The maximum absolute atomic E-state index is 12.5. The van der Waals surface area contributed by atoms with Crippen molar-refractivity contribution in [1.82, 2.24) is 4.90 Å². The minimum atomic E-state index is -1.06. The summed E-state index contributed by atoms with van der Waals surface area (Å²) in [6, 6.07) is 7.79. The Balaban J connectivity index is 2.16. The molecule has 1 aromatic rings. The average molecular weight is 275 g/mol. The molecule has 4 heteroatoms. The highest BCUT2D eigenvalue weighted by Gasteiger charge is 2.43. The second-order valence-electron chi connectivity index (χ2n) is 5.75. The summed E-state index contributed by atoms with van der Waals surface area (Å²) in [6.45, 7) is 4.17. The van der Waals surface area contributed by atoms with Gasteiger partial charge in [-0.3, -0.25) is 4.79 Å². The van der Waals surface area contributed by atoms with Gasteiger partial charge in [-0.25, -0.2) is 4.79 Å². The zero-order chi connectivity index (χ0) is 14.8. The number of rotatable bonds is 3. The Kier molecular flexibility index (Phi) is 4.12. The van der Waals surface area contributed by atoms with Gasteiger partial charge in [-0.05, 0) is 38.7 Å². The number of aliphatic carboxylic acids is 1. The van der Waals surface area contributed by atoms with Gasteiger partial charge in [0.1, 0.15) is 5.54 Å². The number of nitrogens with zero attached hydrogens (tertiary/aromatic N) is 1. The molecule has 0 bridgehead atoms. The van der Waals surface area contributed by atoms with E-state index in [2.05, 4.69) is 0 Å². The van der Waals surface area contributed by atoms with Crippen LogP contribution in [0.15, 0.2) is 24.3 Å². The van der Waals surface area contributed by atoms with Crippen molar-refractivity contribution in [3.05, 3.63) is 35.4 Å². The highest BCUT2D eigenvalue weighted by atomic mass is 16.4. The van der Waals surface area contributed by atoms with E-state index in [0.29, 0.717) is 13.0 Å². The Morgan fingerprint density at radius 3 is 2.75 bits per heavy atom. The van der Waals surface area contributed by atoms with E-state index in [4.69, 9.17) is 0 Å². The fourth-order valence-corrected chi connectivity index (χ4v) is 2.84. The molecule has 20 heavy (non-hydrogen) atoms. The number of amides is 1. The Hall–Kier alpha value is -1.84. The molecule has 1 heterocycles. The highest BCUT2D eigenvalue weighted by molar-refractivity contribution is 5.88. The number of piperidine rings is 1. The lowest BCUT2D eigenvalue weighted by Crippen LogP contribution is -2.57. The van der Waals surface area contributed by atoms with E-state index in [0.717, 1.165) is 24.0 Å². The molecule has 1 aliphatic heterocycles. The van der Waals surface area contributed by atoms with Crippen molar-refractivity contribution in [2.24, 2.45) is 0 Å². The first-order valence-electron chi connectivity index (χ1n) is 7.03. The molecule has 1 aromatic carbocycles. The summed E-state index contributed by atoms with van der Waals surface area (Å²) in [5.74, 6) is -1.00. The number of carbonyl (C=O) groups is 2. The third kappa shape index (κ3) is 2.84. The van der Waals surface area contributed by atoms with Gasteiger partial charge in [0.15, 0.2) is 0 Å². The molecule has 1 saturated heterocycles. The molecule has 1 fully saturated rings. The lowest BCUT2D eigenvalue weighted by atomic mass is 9.88. The van der Waals surface area contributed by atoms with Crippen molar-refractivity contribution in [3.63, 3.8) is 0 Å². The molecule has 1 amide bonds. The van der Waals surface area contributed by atoms with Gasteiger partial charge < -0.3 is 10.0 Å². The third-order valence-electron chi connectivity index (χ3n) is 4.09. The topological polar surface area (TPSA) is 57.6 Å². The number of benzene rings is 1. The largest absolute Gasteiger partial charge is 0.480 e. The zero-order valence-corrected chi connectivity index (χ0v) is 12.1. The smallest absolute Gasteiger partial charge is 0.329 e. The quantitative estimate of drug-likeness (QED) is 0.921. The predicted molar refractivity (Wildman–Crippen MR) is 76.5 cm³/mol. The molecule has 0 aliphatic carbocycles. The van der Waals surface area contributed by atoms with Crippen molar-refractivity contribution < 1.29 is 14.7 Å². The Morgan fingerprint density at radius 1 is 1.35 bits per heavy atom. The van der Waals surface area contributed by atoms with Crippen molar-refractivity contribution in [3.8, 4) is 0 Å². The van der Waals surface area contributed by atoms with Crippen LogP contribution < -0.4 is 0 Å². The number of aryl methyl sites for hydroxylation is 1. The minimum absolute atomic E-state index is 0.0970. The maximum atomic E-state index is 12.5. The fraction of sp³-hybridized carbons (Fsp3) is 0.500. The van der Waals surface area contributed by atoms with E-state index < -0.39 is 11.5 Å². The molecule has 1 N–H and O–H groups in total. The van der Waals surface area contributed by atoms with Gasteiger partial charge in [-0.1, -0.05) is 29.8 Å². The predicted octanol–water partition coefficient (Wildman–Crippen LogP) is 2.39. The Morgan fingerprint density at radius 2 is 2.10 bits per heavy atom. The number of likely N-dealkylation sites (tertiary alicyclic amines) is 1. The standard InChI is InChI=1S/C16H21NO3/c1-12-6-5-7-13(10-12)11-14(18)17-9-4-3-8-16(17,2)15(19)20/h5-7,10H,3-4,8-9,11H2,1-2H3,(H,19,20). The Labute approximate surface area is 119 Å². The minimum Gasteiger partial charge on any atom is -0.480 e. The van der Waals surface area contributed by atoms with Gasteiger partial charge in [0.05, 0.1) is 6.42 Å². The normalized spacial score (nSPS) is 22.6. The highest BCUT2D eigenvalue weighted by Crippen LogP contribution is 2.29. The first-order chi connectivity index (χ1) is 9.43. The molecular formula is C16H21NO3. The number of hydrogen-bond donors (Lipinski definition) is 1. The van der Waals surface area contributed by atoms with E-state index >= 15 is 0 Å². The van der Waals surface area contributed by atoms with E-state index in [-0.39, 0.29) is 12.3 Å². The first-order valence-corrected chi connectivity index (χ1v) is 7.03. The molecular weight excluding hydrogens is 254 g/mol. The summed E-state index contributed by atoms with van der Waals surface area (Å²) in [4.78, 5) is 25.5. The lowest BCUT2D eigenvalue weighted by Gasteiger charge is -2.41. The lowest BCUT2D eigenvalue weighted by molar-refractivity contribution is -0.160. The number of carboxylic acids is 1. The molecule has 1 atom stereocenters. The number of hydrogen-bond acceptors (Lipinski definition) is 2. The number of carboxylic acid groups (broad SMARTS) is 1. The summed E-state index contributed by atoms with van der Waals surface area (Å²) in [5.41, 5.74) is 0.988. The van der Waals surface area contributed by atoms with Crippen LogP contribution in [0.5, 0.6) is 0 Å². The van der Waals surface area contributed by atoms with Crippen molar-refractivity contribution >= 4 is 11.9 Å². The van der Waals surface area contributed by atoms with Gasteiger partial charge >= 0.3 is 5.97 Å². The maximum Gasteiger partial charge on any atom is 0.329 e. The molecule has 1 aliphatic rings. The van der Waals surface area contributed by atoms with Crippen molar-refractivity contribution in [2.45, 2.75) is 45.1 Å². The van der Waals surface area contributed by atoms with Crippen LogP contribution in [-0.4, -0.2) is 34.0 Å². The van der Waals surface area contributed by atoms with Crippen molar-refractivity contribution in [1.29, 1.82) is 0 Å². The summed E-state index contributed by atoms with van der Waals surface area (Å²) < 4.78 is 0. The van der Waals surface area contributed by atoms with E-state index in [1.807, 2.05) is 31.2 Å². The van der Waals surface area contributed by atoms with Crippen LogP contribution in [0.4, 0.5) is 0 Å². The first kappa shape index (κ1) is 14.6. The summed E-state index contributed by atoms with van der Waals surface area (Å²) >= 11 is 0. The molecule has 4 nitrogen and oxygen atoms in total. The van der Waals surface area contributed by atoms with Crippen LogP contribution >= 0.6 is 0 Å². The van der Waals surface area contributed by atoms with Gasteiger partial charge in [0.2, 0.25) is 5.91 Å². The van der Waals surface area contributed by atoms with Crippen LogP contribution in [0.3, 0.4) is 0 Å². The van der Waals surface area contributed by atoms with E-state index in [1.54, 1.807) is 11.8 Å². The molecule has 0 radical (unpaired) electrons. The van der Waals surface area contributed by atoms with Crippen LogP contribution in [-0.2, 0) is 16.0 Å². The van der Waals surface area contributed by atoms with Crippen LogP contribution in [0, 0.1) is 6.92 Å². The van der Waals surface area contributed by atoms with E-state index in [9.17, 15) is 14.7 Å². The molecule has 2 rings (SSSR count). The third-order valence-corrected chi connectivity index (χ3v) is 4.09. The zero-order valence-electron chi connectivity index (χ0n) is 12.1. The second-order valence-corrected chi connectivity index (χ2v) is 5.75. The second kappa shape index (κ2) is 5.65. The number of carbonyl (C=O) groups excluding carboxylic acids is 1. The van der Waals surface area contributed by atoms with Gasteiger partial charge in [0.25, 0.3) is 0 Å². The molecule has 0 saturated carbocycles. The summed E-state index contributed by atoms with van der Waals surface area (Å²) in [7, 11) is 0. The molecule has 1 unspecified atom stereocenters. The summed E-state index contributed by atoms with van der Waals surface area (Å²) in [6.07, 6.45) is 2.53. The monoisotopic (exact) mass is 275 g/mol. The molecule has 0 aromatic heterocycles. The van der Waals surface area contributed by atoms with Gasteiger partial charge in [-0.15, -0.1) is 0 Å². The molecule has 0 spiro atoms. The SMILES string of the molecule is Cc1cccc(CC(=O)N2CCCCC2(C)C(=O)O)c1.